The van der Waals surface area contributed by atoms with Gasteiger partial charge in [0.2, 0.25) is 0 Å². The fourth-order valence-corrected chi connectivity index (χ4v) is 5.66. The van der Waals surface area contributed by atoms with Crippen molar-refractivity contribution in [3.05, 3.63) is 70.2 Å². The monoisotopic (exact) mass is 504 g/mol. The number of amides is 1. The second-order valence-electron chi connectivity index (χ2n) is 6.59. The third kappa shape index (κ3) is 5.13. The van der Waals surface area contributed by atoms with Gasteiger partial charge >= 0.3 is 0 Å². The van der Waals surface area contributed by atoms with Crippen LogP contribution in [0.15, 0.2) is 63.8 Å². The van der Waals surface area contributed by atoms with Crippen LogP contribution in [-0.2, 0) is 0 Å². The summed E-state index contributed by atoms with van der Waals surface area (Å²) in [6.07, 6.45) is 0. The first-order chi connectivity index (χ1) is 15.5. The molecule has 0 fully saturated rings. The molecule has 0 aliphatic carbocycles. The van der Waals surface area contributed by atoms with E-state index < -0.39 is 0 Å². The van der Waals surface area contributed by atoms with Gasteiger partial charge in [-0.15, -0.1) is 11.3 Å². The van der Waals surface area contributed by atoms with E-state index >= 15 is 0 Å². The lowest BCUT2D eigenvalue weighted by Gasteiger charge is -2.11. The Labute approximate surface area is 203 Å². The van der Waals surface area contributed by atoms with Crippen LogP contribution in [0.1, 0.15) is 17.3 Å². The smallest absolute Gasteiger partial charge is 0.259 e. The number of anilines is 1. The van der Waals surface area contributed by atoms with Crippen molar-refractivity contribution < 1.29 is 14.3 Å². The number of rotatable bonds is 7. The van der Waals surface area contributed by atoms with E-state index in [-0.39, 0.29) is 22.2 Å². The minimum Gasteiger partial charge on any atom is -0.494 e. The Kier molecular flexibility index (Phi) is 7.10. The molecule has 9 heteroatoms. The fraction of sp³-hybridized carbons (Fsp3) is 0.130. The number of aromatic nitrogens is 1. The number of halogens is 2. The third-order valence-corrected chi connectivity index (χ3v) is 7.01. The van der Waals surface area contributed by atoms with Crippen LogP contribution in [0.4, 0.5) is 5.69 Å². The zero-order valence-electron chi connectivity index (χ0n) is 17.1. The molecule has 164 valence electrons. The van der Waals surface area contributed by atoms with Crippen LogP contribution in [0.5, 0.6) is 11.5 Å². The number of thiazole rings is 1. The van der Waals surface area contributed by atoms with Gasteiger partial charge in [0, 0.05) is 15.6 Å². The average Bonchev–Trinajstić information content (AvgIpc) is 3.16. The lowest BCUT2D eigenvalue weighted by molar-refractivity contribution is 0.102. The molecular formula is C23H18Cl2N2O3S2. The maximum Gasteiger partial charge on any atom is 0.259 e. The summed E-state index contributed by atoms with van der Waals surface area (Å²) >= 11 is 15.4. The summed E-state index contributed by atoms with van der Waals surface area (Å²) in [6, 6.07) is 16.5. The minimum atomic E-state index is -0.358. The van der Waals surface area contributed by atoms with Crippen molar-refractivity contribution in [1.29, 1.82) is 0 Å². The van der Waals surface area contributed by atoms with Crippen LogP contribution in [0.25, 0.3) is 10.2 Å². The number of carbonyl (C=O) groups excluding carboxylic acids is 1. The van der Waals surface area contributed by atoms with E-state index in [1.807, 2.05) is 49.4 Å². The van der Waals surface area contributed by atoms with E-state index in [0.717, 1.165) is 25.2 Å². The van der Waals surface area contributed by atoms with Gasteiger partial charge in [-0.25, -0.2) is 4.98 Å². The number of nitrogens with zero attached hydrogens (tertiary/aromatic N) is 1. The molecule has 3 aromatic carbocycles. The van der Waals surface area contributed by atoms with E-state index in [1.165, 1.54) is 19.2 Å². The Morgan fingerprint density at radius 2 is 1.91 bits per heavy atom. The number of methoxy groups -OCH3 is 1. The standard InChI is InChI=1S/C23H18Cl2N2O3S2/c1-3-30-15-6-9-19-20(12-15)32-23(27-19)31-16-7-4-14(5-8-16)26-22(28)17-10-13(24)11-18(25)21(17)29-2/h4-12H,3H2,1-2H3,(H,26,28). The second kappa shape index (κ2) is 10.0. The molecule has 1 N–H and O–H groups in total. The molecule has 0 saturated heterocycles. The molecule has 0 radical (unpaired) electrons. The zero-order valence-corrected chi connectivity index (χ0v) is 20.3. The Morgan fingerprint density at radius 1 is 1.12 bits per heavy atom. The highest BCUT2D eigenvalue weighted by Crippen LogP contribution is 2.36. The van der Waals surface area contributed by atoms with E-state index in [4.69, 9.17) is 32.7 Å². The van der Waals surface area contributed by atoms with Gasteiger partial charge in [0.1, 0.15) is 11.5 Å². The Balaban J connectivity index is 1.47. The van der Waals surface area contributed by atoms with Crippen molar-refractivity contribution in [2.45, 2.75) is 16.2 Å². The van der Waals surface area contributed by atoms with Gasteiger partial charge in [0.05, 0.1) is 34.5 Å². The fourth-order valence-electron chi connectivity index (χ4n) is 3.03. The molecule has 0 aliphatic rings. The van der Waals surface area contributed by atoms with Crippen molar-refractivity contribution in [3.8, 4) is 11.5 Å². The second-order valence-corrected chi connectivity index (χ2v) is 9.79. The summed E-state index contributed by atoms with van der Waals surface area (Å²) in [6.45, 7) is 2.59. The van der Waals surface area contributed by atoms with Crippen molar-refractivity contribution in [2.24, 2.45) is 0 Å². The lowest BCUT2D eigenvalue weighted by atomic mass is 10.1. The molecular weight excluding hydrogens is 487 g/mol. The van der Waals surface area contributed by atoms with Gasteiger partial charge in [-0.2, -0.15) is 0 Å². The highest BCUT2D eigenvalue weighted by atomic mass is 35.5. The number of fused-ring (bicyclic) bond motifs is 1. The lowest BCUT2D eigenvalue weighted by Crippen LogP contribution is -2.13. The van der Waals surface area contributed by atoms with Gasteiger partial charge < -0.3 is 14.8 Å². The van der Waals surface area contributed by atoms with E-state index in [0.29, 0.717) is 17.3 Å². The van der Waals surface area contributed by atoms with Crippen LogP contribution in [0.3, 0.4) is 0 Å². The SMILES string of the molecule is CCOc1ccc2nc(Sc3ccc(NC(=O)c4cc(Cl)cc(Cl)c4OC)cc3)sc2c1. The predicted molar refractivity (Wildman–Crippen MR) is 132 cm³/mol. The maximum atomic E-state index is 12.7. The van der Waals surface area contributed by atoms with Gasteiger partial charge in [0.15, 0.2) is 4.34 Å². The van der Waals surface area contributed by atoms with Crippen molar-refractivity contribution >= 4 is 68.1 Å². The summed E-state index contributed by atoms with van der Waals surface area (Å²) in [4.78, 5) is 18.4. The number of benzene rings is 3. The van der Waals surface area contributed by atoms with E-state index in [2.05, 4.69) is 10.3 Å². The van der Waals surface area contributed by atoms with Gasteiger partial charge in [-0.1, -0.05) is 35.0 Å². The molecule has 0 unspecified atom stereocenters. The topological polar surface area (TPSA) is 60.5 Å². The predicted octanol–water partition coefficient (Wildman–Crippen LogP) is 7.41. The number of carbonyl (C=O) groups is 1. The molecule has 1 amide bonds. The normalized spacial score (nSPS) is 10.9. The molecule has 0 saturated carbocycles. The average molecular weight is 505 g/mol. The zero-order chi connectivity index (χ0) is 22.7. The Morgan fingerprint density at radius 3 is 2.62 bits per heavy atom. The molecule has 1 heterocycles. The number of hydrogen-bond donors (Lipinski definition) is 1. The molecule has 0 aliphatic heterocycles. The summed E-state index contributed by atoms with van der Waals surface area (Å²) in [5.74, 6) is 0.768. The van der Waals surface area contributed by atoms with E-state index in [9.17, 15) is 4.79 Å². The van der Waals surface area contributed by atoms with Gasteiger partial charge in [-0.3, -0.25) is 4.79 Å². The molecule has 0 atom stereocenters. The number of ether oxygens (including phenoxy) is 2. The largest absolute Gasteiger partial charge is 0.494 e. The highest BCUT2D eigenvalue weighted by Gasteiger charge is 2.17. The minimum absolute atomic E-state index is 0.268. The Bertz CT molecular complexity index is 1280. The van der Waals surface area contributed by atoms with Crippen LogP contribution in [0.2, 0.25) is 10.0 Å². The molecule has 1 aromatic heterocycles. The third-order valence-electron chi connectivity index (χ3n) is 4.43. The van der Waals surface area contributed by atoms with Crippen molar-refractivity contribution in [1.82, 2.24) is 4.98 Å². The van der Waals surface area contributed by atoms with Crippen LogP contribution in [0, 0.1) is 0 Å². The van der Waals surface area contributed by atoms with Gasteiger partial charge in [0.25, 0.3) is 5.91 Å². The summed E-state index contributed by atoms with van der Waals surface area (Å²) < 4.78 is 12.8. The molecule has 4 rings (SSSR count). The quantitative estimate of drug-likeness (QED) is 0.283. The first-order valence-corrected chi connectivity index (χ1v) is 12.0. The molecule has 4 aromatic rings. The molecule has 0 spiro atoms. The van der Waals surface area contributed by atoms with Crippen LogP contribution >= 0.6 is 46.3 Å². The molecule has 5 nitrogen and oxygen atoms in total. The summed E-state index contributed by atoms with van der Waals surface area (Å²) in [5, 5.41) is 3.48. The van der Waals surface area contributed by atoms with Crippen molar-refractivity contribution in [2.75, 3.05) is 19.0 Å². The first-order valence-electron chi connectivity index (χ1n) is 9.62. The first kappa shape index (κ1) is 22.7. The molecule has 0 bridgehead atoms. The summed E-state index contributed by atoms with van der Waals surface area (Å²) in [7, 11) is 1.46. The Hall–Kier alpha value is -2.45. The van der Waals surface area contributed by atoms with Crippen LogP contribution in [-0.4, -0.2) is 24.6 Å². The number of hydrogen-bond acceptors (Lipinski definition) is 6. The van der Waals surface area contributed by atoms with Crippen LogP contribution < -0.4 is 14.8 Å². The maximum absolute atomic E-state index is 12.7. The van der Waals surface area contributed by atoms with Gasteiger partial charge in [-0.05, 0) is 61.5 Å². The summed E-state index contributed by atoms with van der Waals surface area (Å²) in [5.41, 5.74) is 1.85. The van der Waals surface area contributed by atoms with Crippen molar-refractivity contribution in [3.63, 3.8) is 0 Å². The number of nitrogens with one attached hydrogen (secondary N) is 1. The highest BCUT2D eigenvalue weighted by molar-refractivity contribution is 8.01. The van der Waals surface area contributed by atoms with E-state index in [1.54, 1.807) is 23.1 Å². The molecule has 32 heavy (non-hydrogen) atoms.